The lowest BCUT2D eigenvalue weighted by Crippen LogP contribution is -2.31. The average Bonchev–Trinajstić information content (AvgIpc) is 2.32. The van der Waals surface area contributed by atoms with Crippen molar-refractivity contribution in [1.82, 2.24) is 5.32 Å². The molecule has 1 N–H and O–H groups in total. The van der Waals surface area contributed by atoms with Gasteiger partial charge in [0, 0.05) is 20.8 Å². The van der Waals surface area contributed by atoms with Crippen LogP contribution in [0.5, 0.6) is 0 Å². The molecule has 1 rings (SSSR count). The highest BCUT2D eigenvalue weighted by Gasteiger charge is 2.13. The summed E-state index contributed by atoms with van der Waals surface area (Å²) in [6.45, 7) is 2.55. The van der Waals surface area contributed by atoms with Crippen molar-refractivity contribution in [3.05, 3.63) is 35.4 Å². The molecule has 1 aromatic carbocycles. The van der Waals surface area contributed by atoms with Crippen LogP contribution in [-0.4, -0.2) is 33.3 Å². The predicted octanol–water partition coefficient (Wildman–Crippen LogP) is 1.45. The zero-order chi connectivity index (χ0) is 12.7. The standard InChI is InChI=1S/C13H19NO3/c1-10-6-4-5-7-11(10)12(17-3)8-14-13(15)9-16-2/h4-7,12H,8-9H2,1-3H3,(H,14,15)/t12-/m1/s1. The van der Waals surface area contributed by atoms with Gasteiger partial charge in [-0.05, 0) is 18.1 Å². The fourth-order valence-corrected chi connectivity index (χ4v) is 1.66. The summed E-state index contributed by atoms with van der Waals surface area (Å²) in [5, 5.41) is 2.77. The molecule has 1 amide bonds. The summed E-state index contributed by atoms with van der Waals surface area (Å²) in [6.07, 6.45) is -0.128. The summed E-state index contributed by atoms with van der Waals surface area (Å²) in [7, 11) is 3.13. The van der Waals surface area contributed by atoms with Gasteiger partial charge >= 0.3 is 0 Å². The zero-order valence-corrected chi connectivity index (χ0v) is 10.5. The molecule has 4 nitrogen and oxygen atoms in total. The lowest BCUT2D eigenvalue weighted by Gasteiger charge is -2.18. The number of carbonyl (C=O) groups excluding carboxylic acids is 1. The molecule has 0 unspecified atom stereocenters. The fraction of sp³-hybridized carbons (Fsp3) is 0.462. The van der Waals surface area contributed by atoms with E-state index in [1.54, 1.807) is 7.11 Å². The van der Waals surface area contributed by atoms with Gasteiger partial charge in [-0.15, -0.1) is 0 Å². The summed E-state index contributed by atoms with van der Waals surface area (Å²) in [6, 6.07) is 7.98. The van der Waals surface area contributed by atoms with Gasteiger partial charge < -0.3 is 14.8 Å². The largest absolute Gasteiger partial charge is 0.375 e. The number of benzene rings is 1. The van der Waals surface area contributed by atoms with Crippen LogP contribution in [-0.2, 0) is 14.3 Å². The van der Waals surface area contributed by atoms with Crippen LogP contribution in [0.15, 0.2) is 24.3 Å². The monoisotopic (exact) mass is 237 g/mol. The van der Waals surface area contributed by atoms with Gasteiger partial charge in [0.1, 0.15) is 6.61 Å². The van der Waals surface area contributed by atoms with Crippen molar-refractivity contribution in [2.45, 2.75) is 13.0 Å². The molecule has 0 heterocycles. The van der Waals surface area contributed by atoms with Crippen LogP contribution < -0.4 is 5.32 Å². The molecule has 1 atom stereocenters. The van der Waals surface area contributed by atoms with Crippen molar-refractivity contribution in [3.8, 4) is 0 Å². The number of ether oxygens (including phenoxy) is 2. The molecule has 0 bridgehead atoms. The van der Waals surface area contributed by atoms with E-state index in [1.165, 1.54) is 7.11 Å². The van der Waals surface area contributed by atoms with Gasteiger partial charge in [0.25, 0.3) is 0 Å². The first kappa shape index (κ1) is 13.7. The van der Waals surface area contributed by atoms with Crippen molar-refractivity contribution in [1.29, 1.82) is 0 Å². The van der Waals surface area contributed by atoms with Crippen LogP contribution in [0, 0.1) is 6.92 Å². The lowest BCUT2D eigenvalue weighted by molar-refractivity contribution is -0.125. The van der Waals surface area contributed by atoms with Crippen LogP contribution >= 0.6 is 0 Å². The van der Waals surface area contributed by atoms with Crippen LogP contribution in [0.2, 0.25) is 0 Å². The second-order valence-corrected chi connectivity index (χ2v) is 3.82. The molecule has 0 aliphatic heterocycles. The van der Waals surface area contributed by atoms with Crippen molar-refractivity contribution in [2.75, 3.05) is 27.4 Å². The maximum absolute atomic E-state index is 11.3. The molecule has 0 spiro atoms. The summed E-state index contributed by atoms with van der Waals surface area (Å²) in [5.74, 6) is -0.136. The Labute approximate surface area is 102 Å². The van der Waals surface area contributed by atoms with Gasteiger partial charge in [-0.2, -0.15) is 0 Å². The van der Waals surface area contributed by atoms with E-state index < -0.39 is 0 Å². The molecule has 0 radical (unpaired) electrons. The SMILES string of the molecule is COCC(=O)NC[C@@H](OC)c1ccccc1C. The van der Waals surface area contributed by atoms with E-state index in [0.717, 1.165) is 11.1 Å². The first-order chi connectivity index (χ1) is 8.19. The molecule has 0 aliphatic carbocycles. The minimum absolute atomic E-state index is 0.0736. The van der Waals surface area contributed by atoms with Crippen LogP contribution in [0.1, 0.15) is 17.2 Å². The summed E-state index contributed by atoms with van der Waals surface area (Å²) >= 11 is 0. The zero-order valence-electron chi connectivity index (χ0n) is 10.5. The van der Waals surface area contributed by atoms with Crippen molar-refractivity contribution in [3.63, 3.8) is 0 Å². The van der Waals surface area contributed by atoms with Crippen molar-refractivity contribution in [2.24, 2.45) is 0 Å². The molecule has 0 saturated carbocycles. The topological polar surface area (TPSA) is 47.6 Å². The Hall–Kier alpha value is -1.39. The minimum Gasteiger partial charge on any atom is -0.375 e. The number of nitrogens with one attached hydrogen (secondary N) is 1. The highest BCUT2D eigenvalue weighted by molar-refractivity contribution is 5.77. The third-order valence-corrected chi connectivity index (χ3v) is 2.58. The van der Waals surface area contributed by atoms with Gasteiger partial charge in [0.2, 0.25) is 5.91 Å². The highest BCUT2D eigenvalue weighted by Crippen LogP contribution is 2.19. The number of hydrogen-bond donors (Lipinski definition) is 1. The smallest absolute Gasteiger partial charge is 0.246 e. The van der Waals surface area contributed by atoms with Crippen LogP contribution in [0.3, 0.4) is 0 Å². The van der Waals surface area contributed by atoms with E-state index in [2.05, 4.69) is 5.32 Å². The molecule has 1 aromatic rings. The van der Waals surface area contributed by atoms with E-state index >= 15 is 0 Å². The van der Waals surface area contributed by atoms with E-state index in [4.69, 9.17) is 9.47 Å². The molecule has 17 heavy (non-hydrogen) atoms. The number of amides is 1. The van der Waals surface area contributed by atoms with Gasteiger partial charge in [-0.25, -0.2) is 0 Å². The Morgan fingerprint density at radius 3 is 2.65 bits per heavy atom. The normalized spacial score (nSPS) is 12.2. The van der Waals surface area contributed by atoms with Crippen molar-refractivity contribution < 1.29 is 14.3 Å². The van der Waals surface area contributed by atoms with E-state index in [0.29, 0.717) is 6.54 Å². The van der Waals surface area contributed by atoms with Gasteiger partial charge in [0.15, 0.2) is 0 Å². The first-order valence-electron chi connectivity index (χ1n) is 5.53. The number of methoxy groups -OCH3 is 2. The van der Waals surface area contributed by atoms with Gasteiger partial charge in [-0.3, -0.25) is 4.79 Å². The Morgan fingerprint density at radius 1 is 1.35 bits per heavy atom. The van der Waals surface area contributed by atoms with E-state index in [1.807, 2.05) is 31.2 Å². The predicted molar refractivity (Wildman–Crippen MR) is 65.8 cm³/mol. The fourth-order valence-electron chi connectivity index (χ4n) is 1.66. The number of carbonyl (C=O) groups is 1. The molecule has 0 saturated heterocycles. The minimum atomic E-state index is -0.136. The molecule has 0 fully saturated rings. The summed E-state index contributed by atoms with van der Waals surface area (Å²) in [4.78, 5) is 11.3. The maximum atomic E-state index is 11.3. The number of aryl methyl sites for hydroxylation is 1. The third kappa shape index (κ3) is 4.17. The molecular weight excluding hydrogens is 218 g/mol. The molecule has 0 aromatic heterocycles. The van der Waals surface area contributed by atoms with Crippen LogP contribution in [0.4, 0.5) is 0 Å². The van der Waals surface area contributed by atoms with E-state index in [9.17, 15) is 4.79 Å². The maximum Gasteiger partial charge on any atom is 0.246 e. The highest BCUT2D eigenvalue weighted by atomic mass is 16.5. The molecule has 94 valence electrons. The Balaban J connectivity index is 2.60. The molecule has 0 aliphatic rings. The Bertz CT molecular complexity index is 365. The quantitative estimate of drug-likeness (QED) is 0.814. The lowest BCUT2D eigenvalue weighted by atomic mass is 10.0. The number of hydrogen-bond acceptors (Lipinski definition) is 3. The third-order valence-electron chi connectivity index (χ3n) is 2.58. The van der Waals surface area contributed by atoms with Crippen LogP contribution in [0.25, 0.3) is 0 Å². The second kappa shape index (κ2) is 7.04. The Morgan fingerprint density at radius 2 is 2.06 bits per heavy atom. The van der Waals surface area contributed by atoms with Gasteiger partial charge in [-0.1, -0.05) is 24.3 Å². The van der Waals surface area contributed by atoms with E-state index in [-0.39, 0.29) is 18.6 Å². The van der Waals surface area contributed by atoms with Gasteiger partial charge in [0.05, 0.1) is 6.10 Å². The summed E-state index contributed by atoms with van der Waals surface area (Å²) in [5.41, 5.74) is 2.24. The number of rotatable bonds is 6. The molecular formula is C13H19NO3. The Kier molecular flexibility index (Phi) is 5.66. The first-order valence-corrected chi connectivity index (χ1v) is 5.53. The molecule has 4 heteroatoms. The average molecular weight is 237 g/mol. The summed E-state index contributed by atoms with van der Waals surface area (Å²) < 4.78 is 10.1. The van der Waals surface area contributed by atoms with Crippen molar-refractivity contribution >= 4 is 5.91 Å². The second-order valence-electron chi connectivity index (χ2n) is 3.82.